The van der Waals surface area contributed by atoms with E-state index >= 15 is 0 Å². The Bertz CT molecular complexity index is 391. The third kappa shape index (κ3) is 3.82. The van der Waals surface area contributed by atoms with Crippen LogP contribution >= 0.6 is 36.2 Å². The second-order valence-electron chi connectivity index (χ2n) is 4.41. The molecular formula is C11H19Cl2N3OS. The SMILES string of the molecule is Cc1ncsc1CNC(=O)C1(N)CCCC1.Cl.Cl. The van der Waals surface area contributed by atoms with Gasteiger partial charge in [-0.1, -0.05) is 12.8 Å². The largest absolute Gasteiger partial charge is 0.350 e. The van der Waals surface area contributed by atoms with E-state index in [0.29, 0.717) is 6.54 Å². The first-order valence-corrected chi connectivity index (χ1v) is 6.46. The molecule has 7 heteroatoms. The molecule has 0 bridgehead atoms. The van der Waals surface area contributed by atoms with Crippen molar-refractivity contribution in [2.45, 2.75) is 44.7 Å². The monoisotopic (exact) mass is 311 g/mol. The van der Waals surface area contributed by atoms with E-state index in [1.807, 2.05) is 6.92 Å². The highest BCUT2D eigenvalue weighted by Gasteiger charge is 2.36. The normalized spacial score (nSPS) is 16.6. The lowest BCUT2D eigenvalue weighted by Crippen LogP contribution is -2.51. The number of halogens is 2. The molecule has 1 fully saturated rings. The van der Waals surface area contributed by atoms with Crippen LogP contribution in [0.25, 0.3) is 0 Å². The zero-order valence-corrected chi connectivity index (χ0v) is 12.7. The second-order valence-corrected chi connectivity index (χ2v) is 5.35. The Morgan fingerprint density at radius 2 is 2.11 bits per heavy atom. The number of hydrogen-bond donors (Lipinski definition) is 2. The van der Waals surface area contributed by atoms with Crippen LogP contribution in [0.1, 0.15) is 36.3 Å². The third-order valence-corrected chi connectivity index (χ3v) is 4.14. The summed E-state index contributed by atoms with van der Waals surface area (Å²) in [6, 6.07) is 0. The van der Waals surface area contributed by atoms with Crippen LogP contribution in [0.5, 0.6) is 0 Å². The third-order valence-electron chi connectivity index (χ3n) is 3.20. The summed E-state index contributed by atoms with van der Waals surface area (Å²) < 4.78 is 0. The van der Waals surface area contributed by atoms with Crippen molar-refractivity contribution < 1.29 is 4.79 Å². The minimum atomic E-state index is -0.626. The van der Waals surface area contributed by atoms with Gasteiger partial charge in [-0.15, -0.1) is 36.2 Å². The van der Waals surface area contributed by atoms with Crippen LogP contribution in [0.15, 0.2) is 5.51 Å². The van der Waals surface area contributed by atoms with E-state index in [1.165, 1.54) is 0 Å². The Hall–Kier alpha value is -0.360. The number of aromatic nitrogens is 1. The number of aryl methyl sites for hydroxylation is 1. The van der Waals surface area contributed by atoms with E-state index in [2.05, 4.69) is 10.3 Å². The molecule has 0 atom stereocenters. The zero-order valence-electron chi connectivity index (χ0n) is 10.3. The summed E-state index contributed by atoms with van der Waals surface area (Å²) in [6.07, 6.45) is 3.73. The van der Waals surface area contributed by atoms with E-state index in [1.54, 1.807) is 16.8 Å². The van der Waals surface area contributed by atoms with Crippen molar-refractivity contribution in [3.8, 4) is 0 Å². The summed E-state index contributed by atoms with van der Waals surface area (Å²) in [7, 11) is 0. The summed E-state index contributed by atoms with van der Waals surface area (Å²) >= 11 is 1.57. The molecular weight excluding hydrogens is 293 g/mol. The smallest absolute Gasteiger partial charge is 0.240 e. The minimum absolute atomic E-state index is 0. The van der Waals surface area contributed by atoms with Gasteiger partial charge in [-0.25, -0.2) is 4.98 Å². The molecule has 3 N–H and O–H groups in total. The molecule has 1 saturated carbocycles. The van der Waals surface area contributed by atoms with Gasteiger partial charge < -0.3 is 11.1 Å². The summed E-state index contributed by atoms with van der Waals surface area (Å²) in [5.41, 5.74) is 8.21. The van der Waals surface area contributed by atoms with Gasteiger partial charge >= 0.3 is 0 Å². The van der Waals surface area contributed by atoms with Crippen LogP contribution in [-0.4, -0.2) is 16.4 Å². The van der Waals surface area contributed by atoms with Gasteiger partial charge in [0.25, 0.3) is 0 Å². The highest BCUT2D eigenvalue weighted by molar-refractivity contribution is 7.09. The first kappa shape index (κ1) is 17.6. The number of nitrogens with one attached hydrogen (secondary N) is 1. The first-order valence-electron chi connectivity index (χ1n) is 5.58. The fourth-order valence-electron chi connectivity index (χ4n) is 2.07. The van der Waals surface area contributed by atoms with Crippen molar-refractivity contribution >= 4 is 42.1 Å². The summed E-state index contributed by atoms with van der Waals surface area (Å²) in [5, 5.41) is 2.91. The number of rotatable bonds is 3. The number of carbonyl (C=O) groups is 1. The van der Waals surface area contributed by atoms with Crippen LogP contribution in [0.3, 0.4) is 0 Å². The molecule has 1 amide bonds. The lowest BCUT2D eigenvalue weighted by Gasteiger charge is -2.22. The van der Waals surface area contributed by atoms with Gasteiger partial charge in [-0.3, -0.25) is 4.79 Å². The second kappa shape index (κ2) is 7.28. The molecule has 0 radical (unpaired) electrons. The average Bonchev–Trinajstić information content (AvgIpc) is 2.85. The minimum Gasteiger partial charge on any atom is -0.350 e. The topological polar surface area (TPSA) is 68.0 Å². The number of amides is 1. The average molecular weight is 312 g/mol. The molecule has 104 valence electrons. The number of nitrogens with zero attached hydrogens (tertiary/aromatic N) is 1. The lowest BCUT2D eigenvalue weighted by atomic mass is 9.98. The molecule has 4 nitrogen and oxygen atoms in total. The van der Waals surface area contributed by atoms with E-state index in [-0.39, 0.29) is 30.7 Å². The van der Waals surface area contributed by atoms with Crippen LogP contribution < -0.4 is 11.1 Å². The Balaban J connectivity index is 0.00000144. The lowest BCUT2D eigenvalue weighted by molar-refractivity contribution is -0.126. The first-order chi connectivity index (χ1) is 7.62. The highest BCUT2D eigenvalue weighted by atomic mass is 35.5. The Morgan fingerprint density at radius 1 is 1.50 bits per heavy atom. The molecule has 1 aromatic heterocycles. The molecule has 0 aromatic carbocycles. The van der Waals surface area contributed by atoms with Crippen molar-refractivity contribution in [3.05, 3.63) is 16.1 Å². The fourth-order valence-corrected chi connectivity index (χ4v) is 2.78. The maximum Gasteiger partial charge on any atom is 0.240 e. The van der Waals surface area contributed by atoms with Gasteiger partial charge in [0.2, 0.25) is 5.91 Å². The van der Waals surface area contributed by atoms with Crippen LogP contribution in [0.2, 0.25) is 0 Å². The van der Waals surface area contributed by atoms with Crippen molar-refractivity contribution in [2.75, 3.05) is 0 Å². The Morgan fingerprint density at radius 3 is 2.61 bits per heavy atom. The van der Waals surface area contributed by atoms with Gasteiger partial charge in [-0.2, -0.15) is 0 Å². The summed E-state index contributed by atoms with van der Waals surface area (Å²) in [5.74, 6) is -0.0159. The molecule has 0 saturated heterocycles. The zero-order chi connectivity index (χ0) is 11.6. The van der Waals surface area contributed by atoms with Crippen molar-refractivity contribution in [1.82, 2.24) is 10.3 Å². The maximum absolute atomic E-state index is 11.9. The quantitative estimate of drug-likeness (QED) is 0.899. The molecule has 1 aliphatic carbocycles. The van der Waals surface area contributed by atoms with Crippen LogP contribution in [0, 0.1) is 6.92 Å². The van der Waals surface area contributed by atoms with E-state index in [0.717, 1.165) is 36.3 Å². The fraction of sp³-hybridized carbons (Fsp3) is 0.636. The highest BCUT2D eigenvalue weighted by Crippen LogP contribution is 2.27. The van der Waals surface area contributed by atoms with Crippen molar-refractivity contribution in [3.63, 3.8) is 0 Å². The Labute approximate surface area is 124 Å². The molecule has 0 aliphatic heterocycles. The molecule has 1 heterocycles. The van der Waals surface area contributed by atoms with Gasteiger partial charge in [0, 0.05) is 4.88 Å². The molecule has 0 spiro atoms. The van der Waals surface area contributed by atoms with E-state index in [4.69, 9.17) is 5.73 Å². The standard InChI is InChI=1S/C11H17N3OS.2ClH/c1-8-9(16-7-14-8)6-13-10(15)11(12)4-2-3-5-11;;/h7H,2-6,12H2,1H3,(H,13,15);2*1H. The molecule has 18 heavy (non-hydrogen) atoms. The van der Waals surface area contributed by atoms with E-state index in [9.17, 15) is 4.79 Å². The van der Waals surface area contributed by atoms with E-state index < -0.39 is 5.54 Å². The van der Waals surface area contributed by atoms with Crippen LogP contribution in [0.4, 0.5) is 0 Å². The number of thiazole rings is 1. The predicted molar refractivity (Wildman–Crippen MR) is 78.6 cm³/mol. The number of hydrogen-bond acceptors (Lipinski definition) is 4. The summed E-state index contributed by atoms with van der Waals surface area (Å²) in [4.78, 5) is 17.2. The number of carbonyl (C=O) groups excluding carboxylic acids is 1. The molecule has 0 unspecified atom stereocenters. The molecule has 2 rings (SSSR count). The Kier molecular flexibility index (Phi) is 7.14. The van der Waals surface area contributed by atoms with Gasteiger partial charge in [-0.05, 0) is 19.8 Å². The predicted octanol–water partition coefficient (Wildman–Crippen LogP) is 2.18. The van der Waals surface area contributed by atoms with Gasteiger partial charge in [0.15, 0.2) is 0 Å². The molecule has 1 aliphatic rings. The van der Waals surface area contributed by atoms with Crippen LogP contribution in [-0.2, 0) is 11.3 Å². The van der Waals surface area contributed by atoms with Gasteiger partial charge in [0.1, 0.15) is 0 Å². The number of nitrogens with two attached hydrogens (primary N) is 1. The summed E-state index contributed by atoms with van der Waals surface area (Å²) in [6.45, 7) is 2.50. The van der Waals surface area contributed by atoms with Crippen molar-refractivity contribution in [2.24, 2.45) is 5.73 Å². The van der Waals surface area contributed by atoms with Gasteiger partial charge in [0.05, 0.1) is 23.3 Å². The molecule has 1 aromatic rings. The maximum atomic E-state index is 11.9. The van der Waals surface area contributed by atoms with Crippen molar-refractivity contribution in [1.29, 1.82) is 0 Å².